The molecule has 1 aromatic carbocycles. The SMILES string of the molecule is CCCCCC#CCC#CCCCCCCCCOC(CN1C(=O)c2ccccc2C1=O)OCCCCCCCCCCCCCCCCCC. The molecule has 0 spiro atoms. The van der Waals surface area contributed by atoms with Crippen LogP contribution in [-0.4, -0.2) is 42.8 Å². The van der Waals surface area contributed by atoms with E-state index in [0.29, 0.717) is 30.8 Å². The normalized spacial score (nSPS) is 12.8. The van der Waals surface area contributed by atoms with Crippen LogP contribution in [0.4, 0.5) is 0 Å². The van der Waals surface area contributed by atoms with E-state index in [1.807, 2.05) is 0 Å². The largest absolute Gasteiger partial charge is 0.351 e. The summed E-state index contributed by atoms with van der Waals surface area (Å²) in [5.74, 6) is 12.3. The maximum Gasteiger partial charge on any atom is 0.261 e. The van der Waals surface area contributed by atoms with Crippen LogP contribution in [0, 0.1) is 23.7 Å². The van der Waals surface area contributed by atoms with Gasteiger partial charge in [-0.05, 0) is 37.8 Å². The first kappa shape index (κ1) is 44.6. The summed E-state index contributed by atoms with van der Waals surface area (Å²) in [4.78, 5) is 27.3. The Hall–Kier alpha value is -2.60. The number of amides is 2. The van der Waals surface area contributed by atoms with E-state index in [0.717, 1.165) is 44.9 Å². The lowest BCUT2D eigenvalue weighted by molar-refractivity contribution is -0.148. The van der Waals surface area contributed by atoms with Crippen molar-refractivity contribution in [3.8, 4) is 23.7 Å². The summed E-state index contributed by atoms with van der Waals surface area (Å²) in [6.45, 7) is 5.78. The minimum Gasteiger partial charge on any atom is -0.351 e. The topological polar surface area (TPSA) is 55.8 Å². The van der Waals surface area contributed by atoms with Crippen molar-refractivity contribution < 1.29 is 19.1 Å². The highest BCUT2D eigenvalue weighted by Gasteiger charge is 2.36. The third kappa shape index (κ3) is 22.2. The van der Waals surface area contributed by atoms with Gasteiger partial charge in [0.2, 0.25) is 0 Å². The molecule has 51 heavy (non-hydrogen) atoms. The average molecular weight is 704 g/mol. The number of hydrogen-bond acceptors (Lipinski definition) is 4. The molecular weight excluding hydrogens is 631 g/mol. The molecule has 1 unspecified atom stereocenters. The highest BCUT2D eigenvalue weighted by atomic mass is 16.7. The molecule has 0 N–H and O–H groups in total. The Bertz CT molecular complexity index is 1120. The van der Waals surface area contributed by atoms with Crippen molar-refractivity contribution in [3.05, 3.63) is 35.4 Å². The molecule has 1 heterocycles. The summed E-state index contributed by atoms with van der Waals surface area (Å²) in [5, 5.41) is 0. The molecule has 2 rings (SSSR count). The maximum absolute atomic E-state index is 13.0. The number of carbonyl (C=O) groups excluding carboxylic acids is 2. The molecule has 2 amide bonds. The molecule has 0 saturated heterocycles. The number of rotatable bonds is 32. The van der Waals surface area contributed by atoms with Crippen molar-refractivity contribution in [2.75, 3.05) is 19.8 Å². The predicted molar refractivity (Wildman–Crippen MR) is 214 cm³/mol. The van der Waals surface area contributed by atoms with Gasteiger partial charge >= 0.3 is 0 Å². The second kappa shape index (κ2) is 32.1. The van der Waals surface area contributed by atoms with Crippen LogP contribution in [0.1, 0.15) is 214 Å². The zero-order valence-corrected chi connectivity index (χ0v) is 32.9. The molecule has 0 aromatic heterocycles. The molecule has 1 aliphatic rings. The quantitative estimate of drug-likeness (QED) is 0.0324. The van der Waals surface area contributed by atoms with E-state index in [-0.39, 0.29) is 18.4 Å². The van der Waals surface area contributed by atoms with Gasteiger partial charge in [-0.1, -0.05) is 173 Å². The van der Waals surface area contributed by atoms with Gasteiger partial charge in [0.25, 0.3) is 11.8 Å². The van der Waals surface area contributed by atoms with Crippen molar-refractivity contribution in [2.45, 2.75) is 200 Å². The number of nitrogens with zero attached hydrogens (tertiary/aromatic N) is 1. The third-order valence-electron chi connectivity index (χ3n) is 9.84. The van der Waals surface area contributed by atoms with Crippen LogP contribution in [0.3, 0.4) is 0 Å². The molecular formula is C46H73NO4. The Balaban J connectivity index is 1.56. The molecule has 0 radical (unpaired) electrons. The van der Waals surface area contributed by atoms with Crippen LogP contribution < -0.4 is 0 Å². The number of unbranched alkanes of at least 4 members (excludes halogenated alkanes) is 24. The summed E-state index contributed by atoms with van der Waals surface area (Å²) < 4.78 is 12.3. The highest BCUT2D eigenvalue weighted by molar-refractivity contribution is 6.21. The Morgan fingerprint density at radius 1 is 0.490 bits per heavy atom. The molecule has 0 fully saturated rings. The van der Waals surface area contributed by atoms with Crippen LogP contribution in [0.5, 0.6) is 0 Å². The molecule has 0 saturated carbocycles. The van der Waals surface area contributed by atoms with Crippen molar-refractivity contribution in [2.24, 2.45) is 0 Å². The van der Waals surface area contributed by atoms with E-state index in [9.17, 15) is 9.59 Å². The fourth-order valence-electron chi connectivity index (χ4n) is 6.62. The van der Waals surface area contributed by atoms with Gasteiger partial charge in [-0.15, -0.1) is 11.8 Å². The van der Waals surface area contributed by atoms with Crippen molar-refractivity contribution in [1.82, 2.24) is 4.90 Å². The minimum atomic E-state index is -0.594. The fourth-order valence-corrected chi connectivity index (χ4v) is 6.62. The Morgan fingerprint density at radius 3 is 1.27 bits per heavy atom. The average Bonchev–Trinajstić information content (AvgIpc) is 3.38. The summed E-state index contributed by atoms with van der Waals surface area (Å²) >= 11 is 0. The smallest absolute Gasteiger partial charge is 0.261 e. The predicted octanol–water partition coefficient (Wildman–Crippen LogP) is 12.6. The fraction of sp³-hybridized carbons (Fsp3) is 0.739. The lowest BCUT2D eigenvalue weighted by atomic mass is 10.0. The van der Waals surface area contributed by atoms with Gasteiger partial charge in [-0.3, -0.25) is 14.5 Å². The molecule has 1 aromatic rings. The van der Waals surface area contributed by atoms with Gasteiger partial charge in [-0.2, -0.15) is 0 Å². The Kier molecular flexibility index (Phi) is 28.0. The lowest BCUT2D eigenvalue weighted by Gasteiger charge is -2.23. The molecule has 286 valence electrons. The monoisotopic (exact) mass is 704 g/mol. The van der Waals surface area contributed by atoms with E-state index in [4.69, 9.17) is 9.47 Å². The third-order valence-corrected chi connectivity index (χ3v) is 9.84. The van der Waals surface area contributed by atoms with E-state index in [1.54, 1.807) is 24.3 Å². The van der Waals surface area contributed by atoms with Gasteiger partial charge in [0.1, 0.15) is 0 Å². The first-order valence-electron chi connectivity index (χ1n) is 21.3. The molecule has 5 nitrogen and oxygen atoms in total. The molecule has 1 atom stereocenters. The van der Waals surface area contributed by atoms with Crippen LogP contribution >= 0.6 is 0 Å². The van der Waals surface area contributed by atoms with Gasteiger partial charge in [0.05, 0.1) is 24.1 Å². The van der Waals surface area contributed by atoms with Crippen molar-refractivity contribution >= 4 is 11.8 Å². The number of hydrogen-bond donors (Lipinski definition) is 0. The first-order valence-corrected chi connectivity index (χ1v) is 21.3. The van der Waals surface area contributed by atoms with E-state index in [1.165, 1.54) is 133 Å². The molecule has 0 bridgehead atoms. The van der Waals surface area contributed by atoms with E-state index < -0.39 is 6.29 Å². The van der Waals surface area contributed by atoms with Crippen molar-refractivity contribution in [3.63, 3.8) is 0 Å². The van der Waals surface area contributed by atoms with Gasteiger partial charge in [-0.25, -0.2) is 0 Å². The highest BCUT2D eigenvalue weighted by Crippen LogP contribution is 2.23. The van der Waals surface area contributed by atoms with Crippen LogP contribution in [0.25, 0.3) is 0 Å². The summed E-state index contributed by atoms with van der Waals surface area (Å²) in [5.41, 5.74) is 0.938. The Labute approximate surface area is 313 Å². The molecule has 1 aliphatic heterocycles. The zero-order valence-electron chi connectivity index (χ0n) is 32.9. The lowest BCUT2D eigenvalue weighted by Crippen LogP contribution is -2.39. The summed E-state index contributed by atoms with van der Waals surface area (Å²) in [6.07, 6.45) is 33.8. The summed E-state index contributed by atoms with van der Waals surface area (Å²) in [6, 6.07) is 7.05. The Morgan fingerprint density at radius 2 is 0.843 bits per heavy atom. The zero-order chi connectivity index (χ0) is 36.5. The van der Waals surface area contributed by atoms with Crippen LogP contribution in [0.2, 0.25) is 0 Å². The second-order valence-corrected chi connectivity index (χ2v) is 14.5. The van der Waals surface area contributed by atoms with Gasteiger partial charge < -0.3 is 9.47 Å². The maximum atomic E-state index is 13.0. The standard InChI is InChI=1S/C46H73NO4/c1-3-5-7-9-11-13-15-17-19-21-23-25-27-29-31-35-39-50-44(41-47-45(48)42-37-33-34-38-43(42)46(47)49)51-40-36-32-30-28-26-24-22-20-18-16-14-12-10-8-6-4-2/h33-34,37-38,44H,3-11,13,15-17,19,21-32,35-36,39-41H2,1-2H3. The van der Waals surface area contributed by atoms with E-state index >= 15 is 0 Å². The van der Waals surface area contributed by atoms with Gasteiger partial charge in [0.15, 0.2) is 6.29 Å². The number of fused-ring (bicyclic) bond motifs is 1. The van der Waals surface area contributed by atoms with Crippen LogP contribution in [0.15, 0.2) is 24.3 Å². The molecule has 5 heteroatoms. The number of benzene rings is 1. The molecule has 0 aliphatic carbocycles. The number of ether oxygens (including phenoxy) is 2. The second-order valence-electron chi connectivity index (χ2n) is 14.5. The van der Waals surface area contributed by atoms with Gasteiger partial charge in [0, 0.05) is 26.1 Å². The number of carbonyl (C=O) groups is 2. The van der Waals surface area contributed by atoms with Crippen LogP contribution in [-0.2, 0) is 9.47 Å². The number of imide groups is 1. The van der Waals surface area contributed by atoms with E-state index in [2.05, 4.69) is 37.5 Å². The van der Waals surface area contributed by atoms with Crippen molar-refractivity contribution in [1.29, 1.82) is 0 Å². The first-order chi connectivity index (χ1) is 25.2. The summed E-state index contributed by atoms with van der Waals surface area (Å²) in [7, 11) is 0. The minimum absolute atomic E-state index is 0.136.